The zero-order valence-corrected chi connectivity index (χ0v) is 9.85. The van der Waals surface area contributed by atoms with E-state index in [9.17, 15) is 9.59 Å². The van der Waals surface area contributed by atoms with Crippen LogP contribution in [-0.4, -0.2) is 21.3 Å². The Balaban J connectivity index is 2.31. The number of carboxylic acids is 1. The van der Waals surface area contributed by atoms with Gasteiger partial charge in [-0.05, 0) is 23.7 Å². The van der Waals surface area contributed by atoms with Gasteiger partial charge in [0.15, 0.2) is 0 Å². The standard InChI is InChI=1S/C12H8ClNO4/c13-11(17)7-2-1-3-8(4-7)12-14-9(6-18-12)5-10(15)16/h1-4,6H,5H2,(H,15,16). The highest BCUT2D eigenvalue weighted by Crippen LogP contribution is 2.20. The van der Waals surface area contributed by atoms with E-state index in [1.54, 1.807) is 18.2 Å². The fraction of sp³-hybridized carbons (Fsp3) is 0.0833. The van der Waals surface area contributed by atoms with Crippen molar-refractivity contribution in [3.8, 4) is 11.5 Å². The van der Waals surface area contributed by atoms with Gasteiger partial charge in [-0.3, -0.25) is 9.59 Å². The molecule has 92 valence electrons. The molecular formula is C12H8ClNO4. The summed E-state index contributed by atoms with van der Waals surface area (Å²) in [5, 5.41) is 8.05. The van der Waals surface area contributed by atoms with Crippen molar-refractivity contribution in [2.75, 3.05) is 0 Å². The maximum Gasteiger partial charge on any atom is 0.309 e. The maximum absolute atomic E-state index is 11.0. The second-order valence-electron chi connectivity index (χ2n) is 3.57. The van der Waals surface area contributed by atoms with Crippen LogP contribution in [0.2, 0.25) is 0 Å². The number of carboxylic acid groups (broad SMARTS) is 1. The van der Waals surface area contributed by atoms with Crippen LogP contribution in [0.15, 0.2) is 34.9 Å². The first-order chi connectivity index (χ1) is 8.56. The van der Waals surface area contributed by atoms with E-state index in [2.05, 4.69) is 4.98 Å². The third-order valence-electron chi connectivity index (χ3n) is 2.22. The number of hydrogen-bond acceptors (Lipinski definition) is 4. The Morgan fingerprint density at radius 2 is 2.17 bits per heavy atom. The van der Waals surface area contributed by atoms with Crippen LogP contribution in [0.1, 0.15) is 16.1 Å². The molecule has 6 heteroatoms. The van der Waals surface area contributed by atoms with Crippen molar-refractivity contribution >= 4 is 22.8 Å². The topological polar surface area (TPSA) is 80.4 Å². The second-order valence-corrected chi connectivity index (χ2v) is 3.91. The fourth-order valence-corrected chi connectivity index (χ4v) is 1.57. The third kappa shape index (κ3) is 2.75. The molecule has 0 saturated carbocycles. The summed E-state index contributed by atoms with van der Waals surface area (Å²) in [4.78, 5) is 25.5. The molecule has 0 fully saturated rings. The Hall–Kier alpha value is -2.14. The van der Waals surface area contributed by atoms with Crippen molar-refractivity contribution in [3.63, 3.8) is 0 Å². The normalized spacial score (nSPS) is 10.3. The molecule has 0 radical (unpaired) electrons. The lowest BCUT2D eigenvalue weighted by Gasteiger charge is -1.97. The van der Waals surface area contributed by atoms with E-state index in [1.807, 2.05) is 0 Å². The molecule has 1 aromatic heterocycles. The average molecular weight is 266 g/mol. The Morgan fingerprint density at radius 1 is 1.39 bits per heavy atom. The molecule has 0 spiro atoms. The molecule has 1 heterocycles. The van der Waals surface area contributed by atoms with Gasteiger partial charge in [-0.25, -0.2) is 4.98 Å². The molecule has 0 atom stereocenters. The number of carbonyl (C=O) groups excluding carboxylic acids is 1. The number of aliphatic carboxylic acids is 1. The van der Waals surface area contributed by atoms with E-state index in [4.69, 9.17) is 21.1 Å². The van der Waals surface area contributed by atoms with E-state index < -0.39 is 11.2 Å². The summed E-state index contributed by atoms with van der Waals surface area (Å²) in [7, 11) is 0. The van der Waals surface area contributed by atoms with E-state index in [1.165, 1.54) is 12.3 Å². The number of halogens is 1. The van der Waals surface area contributed by atoms with Gasteiger partial charge < -0.3 is 9.52 Å². The molecule has 0 aliphatic heterocycles. The number of oxazole rings is 1. The zero-order valence-electron chi connectivity index (χ0n) is 9.09. The van der Waals surface area contributed by atoms with Gasteiger partial charge >= 0.3 is 5.97 Å². The highest BCUT2D eigenvalue weighted by atomic mass is 35.5. The van der Waals surface area contributed by atoms with E-state index >= 15 is 0 Å². The smallest absolute Gasteiger partial charge is 0.309 e. The molecule has 5 nitrogen and oxygen atoms in total. The van der Waals surface area contributed by atoms with Crippen LogP contribution in [0.25, 0.3) is 11.5 Å². The maximum atomic E-state index is 11.0. The summed E-state index contributed by atoms with van der Waals surface area (Å²) in [5.74, 6) is -0.731. The largest absolute Gasteiger partial charge is 0.481 e. The van der Waals surface area contributed by atoms with Crippen LogP contribution in [-0.2, 0) is 11.2 Å². The van der Waals surface area contributed by atoms with Gasteiger partial charge in [0, 0.05) is 11.1 Å². The number of rotatable bonds is 4. The minimum Gasteiger partial charge on any atom is -0.481 e. The summed E-state index contributed by atoms with van der Waals surface area (Å²) in [5.41, 5.74) is 1.21. The molecule has 18 heavy (non-hydrogen) atoms. The van der Waals surface area contributed by atoms with Crippen molar-refractivity contribution in [3.05, 3.63) is 41.8 Å². The molecule has 0 aliphatic carbocycles. The third-order valence-corrected chi connectivity index (χ3v) is 2.44. The minimum absolute atomic E-state index is 0.211. The number of carbonyl (C=O) groups is 2. The number of nitrogens with zero attached hydrogens (tertiary/aromatic N) is 1. The lowest BCUT2D eigenvalue weighted by atomic mass is 10.1. The second kappa shape index (κ2) is 5.01. The average Bonchev–Trinajstić information content (AvgIpc) is 2.77. The molecule has 1 aromatic carbocycles. The Bertz CT molecular complexity index is 606. The summed E-state index contributed by atoms with van der Waals surface area (Å²) in [6, 6.07) is 6.44. The predicted octanol–water partition coefficient (Wildman–Crippen LogP) is 2.35. The van der Waals surface area contributed by atoms with Gasteiger partial charge in [-0.1, -0.05) is 12.1 Å². The minimum atomic E-state index is -0.987. The highest BCUT2D eigenvalue weighted by molar-refractivity contribution is 6.67. The van der Waals surface area contributed by atoms with Crippen molar-refractivity contribution in [1.29, 1.82) is 0 Å². The van der Waals surface area contributed by atoms with Crippen molar-refractivity contribution in [1.82, 2.24) is 4.98 Å². The van der Waals surface area contributed by atoms with Gasteiger partial charge in [0.05, 0.1) is 12.1 Å². The molecule has 0 unspecified atom stereocenters. The van der Waals surface area contributed by atoms with Crippen molar-refractivity contribution in [2.24, 2.45) is 0 Å². The van der Waals surface area contributed by atoms with Crippen LogP contribution in [0.5, 0.6) is 0 Å². The summed E-state index contributed by atoms with van der Waals surface area (Å²) < 4.78 is 5.16. The number of hydrogen-bond donors (Lipinski definition) is 1. The lowest BCUT2D eigenvalue weighted by molar-refractivity contribution is -0.136. The summed E-state index contributed by atoms with van der Waals surface area (Å²) in [6.07, 6.45) is 1.07. The van der Waals surface area contributed by atoms with Crippen LogP contribution < -0.4 is 0 Å². The van der Waals surface area contributed by atoms with E-state index in [0.29, 0.717) is 16.8 Å². The first-order valence-corrected chi connectivity index (χ1v) is 5.40. The Kier molecular flexibility index (Phi) is 3.43. The van der Waals surface area contributed by atoms with Crippen molar-refractivity contribution in [2.45, 2.75) is 6.42 Å². The Morgan fingerprint density at radius 3 is 2.83 bits per heavy atom. The Labute approximate surface area is 107 Å². The predicted molar refractivity (Wildman–Crippen MR) is 63.5 cm³/mol. The highest BCUT2D eigenvalue weighted by Gasteiger charge is 2.11. The van der Waals surface area contributed by atoms with Crippen LogP contribution in [0.4, 0.5) is 0 Å². The van der Waals surface area contributed by atoms with E-state index in [0.717, 1.165) is 0 Å². The first kappa shape index (κ1) is 12.3. The summed E-state index contributed by atoms with van der Waals surface area (Å²) >= 11 is 5.37. The van der Waals surface area contributed by atoms with Crippen LogP contribution in [0.3, 0.4) is 0 Å². The van der Waals surface area contributed by atoms with Gasteiger partial charge in [-0.2, -0.15) is 0 Å². The number of aromatic nitrogens is 1. The summed E-state index contributed by atoms with van der Waals surface area (Å²) in [6.45, 7) is 0. The van der Waals surface area contributed by atoms with Gasteiger partial charge in [0.1, 0.15) is 6.26 Å². The van der Waals surface area contributed by atoms with Crippen LogP contribution in [0, 0.1) is 0 Å². The monoisotopic (exact) mass is 265 g/mol. The number of benzene rings is 1. The SMILES string of the molecule is O=C(O)Cc1coc(-c2cccc(C(=O)Cl)c2)n1. The molecule has 2 aromatic rings. The van der Waals surface area contributed by atoms with Crippen molar-refractivity contribution < 1.29 is 19.1 Å². The molecule has 1 N–H and O–H groups in total. The molecule has 0 saturated heterocycles. The molecule has 0 bridgehead atoms. The first-order valence-electron chi connectivity index (χ1n) is 5.03. The quantitative estimate of drug-likeness (QED) is 0.858. The van der Waals surface area contributed by atoms with Crippen LogP contribution >= 0.6 is 11.6 Å². The van der Waals surface area contributed by atoms with Gasteiger partial charge in [0.2, 0.25) is 5.89 Å². The fourth-order valence-electron chi connectivity index (χ4n) is 1.45. The zero-order chi connectivity index (χ0) is 13.1. The molecule has 2 rings (SSSR count). The molecule has 0 aliphatic rings. The van der Waals surface area contributed by atoms with Gasteiger partial charge in [-0.15, -0.1) is 0 Å². The lowest BCUT2D eigenvalue weighted by Crippen LogP contribution is -1.99. The van der Waals surface area contributed by atoms with E-state index in [-0.39, 0.29) is 12.3 Å². The molecule has 0 amide bonds. The molecular weight excluding hydrogens is 258 g/mol. The van der Waals surface area contributed by atoms with Gasteiger partial charge in [0.25, 0.3) is 5.24 Å².